The molecule has 26 heavy (non-hydrogen) atoms. The van der Waals surface area contributed by atoms with Crippen LogP contribution in [0.3, 0.4) is 0 Å². The van der Waals surface area contributed by atoms with Crippen molar-refractivity contribution in [3.8, 4) is 6.07 Å². The molecule has 1 aliphatic rings. The third kappa shape index (κ3) is 5.33. The van der Waals surface area contributed by atoms with E-state index in [1.807, 2.05) is 54.5 Å². The summed E-state index contributed by atoms with van der Waals surface area (Å²) in [6, 6.07) is 1.04. The van der Waals surface area contributed by atoms with Crippen LogP contribution < -0.4 is 5.32 Å². The second-order valence-corrected chi connectivity index (χ2v) is 9.44. The van der Waals surface area contributed by atoms with Gasteiger partial charge in [0.2, 0.25) is 11.8 Å². The van der Waals surface area contributed by atoms with Crippen molar-refractivity contribution in [3.63, 3.8) is 0 Å². The Morgan fingerprint density at radius 3 is 2.42 bits per heavy atom. The Hall–Kier alpha value is -1.83. The first-order valence-corrected chi connectivity index (χ1v) is 9.44. The smallest absolute Gasteiger partial charge is 0.244 e. The lowest BCUT2D eigenvalue weighted by Crippen LogP contribution is -2.53. The minimum Gasteiger partial charge on any atom is -0.338 e. The van der Waals surface area contributed by atoms with Crippen molar-refractivity contribution in [3.05, 3.63) is 11.6 Å². The Morgan fingerprint density at radius 2 is 1.96 bits per heavy atom. The zero-order valence-electron chi connectivity index (χ0n) is 17.6. The molecule has 0 aromatic rings. The van der Waals surface area contributed by atoms with Crippen LogP contribution in [-0.2, 0) is 9.59 Å². The van der Waals surface area contributed by atoms with Crippen LogP contribution in [0.15, 0.2) is 11.6 Å². The van der Waals surface area contributed by atoms with E-state index in [2.05, 4.69) is 18.3 Å². The Bertz CT molecular complexity index is 608. The molecule has 0 bridgehead atoms. The summed E-state index contributed by atoms with van der Waals surface area (Å²) >= 11 is 0. The molecule has 0 saturated carbocycles. The molecular formula is C21H35N3O2. The molecule has 1 rings (SSSR count). The maximum Gasteiger partial charge on any atom is 0.244 e. The number of nitrogens with one attached hydrogen (secondary N) is 1. The lowest BCUT2D eigenvalue weighted by atomic mass is 9.77. The Balaban J connectivity index is 3.04. The van der Waals surface area contributed by atoms with Crippen LogP contribution in [0.1, 0.15) is 68.2 Å². The van der Waals surface area contributed by atoms with Crippen molar-refractivity contribution in [2.75, 3.05) is 6.54 Å². The molecule has 2 unspecified atom stereocenters. The van der Waals surface area contributed by atoms with Gasteiger partial charge in [-0.3, -0.25) is 9.59 Å². The summed E-state index contributed by atoms with van der Waals surface area (Å²) in [5.74, 6) is -0.00902. The topological polar surface area (TPSA) is 73.2 Å². The second kappa shape index (κ2) is 8.24. The van der Waals surface area contributed by atoms with Crippen LogP contribution in [0.5, 0.6) is 0 Å². The van der Waals surface area contributed by atoms with E-state index in [9.17, 15) is 14.9 Å². The number of nitrogens with zero attached hydrogens (tertiary/aromatic N) is 2. The van der Waals surface area contributed by atoms with Gasteiger partial charge in [-0.1, -0.05) is 53.2 Å². The summed E-state index contributed by atoms with van der Waals surface area (Å²) in [6.45, 7) is 16.7. The molecule has 5 nitrogen and oxygen atoms in total. The standard InChI is InChI=1S/C21H35N3O2/c1-9-14(2)10-16(12-22)23-19(26)18-21(7,8)15(3)13-24(18)17(25)11-20(4,5)6/h9,15-16,18H,10-11,13H2,1-8H3,(H,23,26)/b14-9+/t15?,16?,18-/m1/s1. The summed E-state index contributed by atoms with van der Waals surface area (Å²) in [4.78, 5) is 27.6. The molecular weight excluding hydrogens is 326 g/mol. The lowest BCUT2D eigenvalue weighted by Gasteiger charge is -2.34. The van der Waals surface area contributed by atoms with E-state index in [1.165, 1.54) is 0 Å². The molecule has 146 valence electrons. The molecule has 1 aliphatic heterocycles. The molecule has 0 radical (unpaired) electrons. The monoisotopic (exact) mass is 361 g/mol. The van der Waals surface area contributed by atoms with Crippen molar-refractivity contribution in [1.29, 1.82) is 5.26 Å². The number of amides is 2. The number of hydrogen-bond acceptors (Lipinski definition) is 3. The SMILES string of the molecule is C/C=C(\C)CC(C#N)NC(=O)[C@H]1N(C(=O)CC(C)(C)C)CC(C)C1(C)C. The number of likely N-dealkylation sites (tertiary alicyclic amines) is 1. The number of hydrogen-bond donors (Lipinski definition) is 1. The predicted molar refractivity (Wildman–Crippen MR) is 104 cm³/mol. The Labute approximate surface area is 158 Å². The average Bonchev–Trinajstić information content (AvgIpc) is 2.74. The second-order valence-electron chi connectivity index (χ2n) is 9.44. The molecule has 5 heteroatoms. The molecule has 0 aromatic carbocycles. The first-order chi connectivity index (χ1) is 11.8. The van der Waals surface area contributed by atoms with Crippen molar-refractivity contribution in [2.24, 2.45) is 16.7 Å². The van der Waals surface area contributed by atoms with Gasteiger partial charge in [0, 0.05) is 19.4 Å². The molecule has 2 amide bonds. The molecule has 0 aliphatic carbocycles. The first-order valence-electron chi connectivity index (χ1n) is 9.44. The quantitative estimate of drug-likeness (QED) is 0.760. The van der Waals surface area contributed by atoms with Gasteiger partial charge in [0.15, 0.2) is 0 Å². The molecule has 3 atom stereocenters. The highest BCUT2D eigenvalue weighted by Gasteiger charge is 2.51. The molecule has 1 N–H and O–H groups in total. The normalized spacial score (nSPS) is 24.1. The van der Waals surface area contributed by atoms with Gasteiger partial charge in [-0.05, 0) is 30.6 Å². The summed E-state index contributed by atoms with van der Waals surface area (Å²) < 4.78 is 0. The highest BCUT2D eigenvalue weighted by atomic mass is 16.2. The highest BCUT2D eigenvalue weighted by molar-refractivity contribution is 5.89. The van der Waals surface area contributed by atoms with Crippen LogP contribution in [0.2, 0.25) is 0 Å². The zero-order chi connectivity index (χ0) is 20.3. The van der Waals surface area contributed by atoms with Crippen LogP contribution in [0.25, 0.3) is 0 Å². The number of allylic oxidation sites excluding steroid dienone is 1. The minimum absolute atomic E-state index is 0.00761. The maximum absolute atomic E-state index is 13.1. The number of carbonyl (C=O) groups excluding carboxylic acids is 2. The van der Waals surface area contributed by atoms with E-state index in [0.717, 1.165) is 5.57 Å². The molecule has 0 spiro atoms. The van der Waals surface area contributed by atoms with E-state index in [-0.39, 0.29) is 28.6 Å². The van der Waals surface area contributed by atoms with Crippen LogP contribution in [-0.4, -0.2) is 35.3 Å². The summed E-state index contributed by atoms with van der Waals surface area (Å²) in [5.41, 5.74) is 0.580. The lowest BCUT2D eigenvalue weighted by molar-refractivity contribution is -0.142. The van der Waals surface area contributed by atoms with Gasteiger partial charge in [0.1, 0.15) is 12.1 Å². The van der Waals surface area contributed by atoms with Crippen molar-refractivity contribution >= 4 is 11.8 Å². The zero-order valence-corrected chi connectivity index (χ0v) is 17.6. The highest BCUT2D eigenvalue weighted by Crippen LogP contribution is 2.42. The van der Waals surface area contributed by atoms with E-state index in [1.54, 1.807) is 4.90 Å². The number of carbonyl (C=O) groups is 2. The largest absolute Gasteiger partial charge is 0.338 e. The van der Waals surface area contributed by atoms with Crippen molar-refractivity contribution in [1.82, 2.24) is 10.2 Å². The number of nitriles is 1. The van der Waals surface area contributed by atoms with Crippen molar-refractivity contribution < 1.29 is 9.59 Å². The van der Waals surface area contributed by atoms with E-state index in [4.69, 9.17) is 0 Å². The van der Waals surface area contributed by atoms with Gasteiger partial charge in [0.05, 0.1) is 6.07 Å². The van der Waals surface area contributed by atoms with E-state index >= 15 is 0 Å². The van der Waals surface area contributed by atoms with E-state index in [0.29, 0.717) is 19.4 Å². The molecule has 0 aromatic heterocycles. The Kier molecular flexibility index (Phi) is 7.04. The van der Waals surface area contributed by atoms with Gasteiger partial charge >= 0.3 is 0 Å². The van der Waals surface area contributed by atoms with Crippen LogP contribution in [0.4, 0.5) is 0 Å². The average molecular weight is 362 g/mol. The molecule has 1 saturated heterocycles. The van der Waals surface area contributed by atoms with Gasteiger partial charge in [-0.15, -0.1) is 0 Å². The third-order valence-electron chi connectivity index (χ3n) is 5.50. The number of rotatable bonds is 5. The van der Waals surface area contributed by atoms with Gasteiger partial charge in [-0.2, -0.15) is 5.26 Å². The Morgan fingerprint density at radius 1 is 1.38 bits per heavy atom. The summed E-state index contributed by atoms with van der Waals surface area (Å²) in [5, 5.41) is 12.3. The first kappa shape index (κ1) is 22.2. The van der Waals surface area contributed by atoms with Gasteiger partial charge in [-0.25, -0.2) is 0 Å². The molecule has 1 heterocycles. The maximum atomic E-state index is 13.1. The fourth-order valence-electron chi connectivity index (χ4n) is 3.41. The van der Waals surface area contributed by atoms with Crippen molar-refractivity contribution in [2.45, 2.75) is 80.3 Å². The summed E-state index contributed by atoms with van der Waals surface area (Å²) in [6.07, 6.45) is 2.84. The van der Waals surface area contributed by atoms with Gasteiger partial charge in [0.25, 0.3) is 0 Å². The minimum atomic E-state index is -0.579. The van der Waals surface area contributed by atoms with Gasteiger partial charge < -0.3 is 10.2 Å². The van der Waals surface area contributed by atoms with Crippen LogP contribution >= 0.6 is 0 Å². The third-order valence-corrected chi connectivity index (χ3v) is 5.50. The van der Waals surface area contributed by atoms with E-state index < -0.39 is 12.1 Å². The fraction of sp³-hybridized carbons (Fsp3) is 0.762. The fourth-order valence-corrected chi connectivity index (χ4v) is 3.41. The summed E-state index contributed by atoms with van der Waals surface area (Å²) in [7, 11) is 0. The molecule has 1 fully saturated rings. The predicted octanol–water partition coefficient (Wildman–Crippen LogP) is 3.66. The van der Waals surface area contributed by atoms with Crippen LogP contribution in [0, 0.1) is 28.1 Å².